The number of carbonyl (C=O) groups is 1. The predicted octanol–water partition coefficient (Wildman–Crippen LogP) is 2.29. The van der Waals surface area contributed by atoms with Crippen LogP contribution < -0.4 is 0 Å². The van der Waals surface area contributed by atoms with Crippen molar-refractivity contribution in [3.8, 4) is 0 Å². The van der Waals surface area contributed by atoms with Crippen molar-refractivity contribution in [1.29, 1.82) is 0 Å². The summed E-state index contributed by atoms with van der Waals surface area (Å²) in [4.78, 5) is 14.8. The van der Waals surface area contributed by atoms with Gasteiger partial charge in [0.25, 0.3) is 5.91 Å². The largest absolute Gasteiger partial charge is 0.472 e. The van der Waals surface area contributed by atoms with Crippen molar-refractivity contribution in [2.75, 3.05) is 33.5 Å². The molecule has 0 aromatic carbocycles. The maximum Gasteiger partial charge on any atom is 0.257 e. The summed E-state index contributed by atoms with van der Waals surface area (Å²) in [7, 11) is 1.67. The summed E-state index contributed by atoms with van der Waals surface area (Å²) in [6.45, 7) is 3.62. The molecule has 0 radical (unpaired) electrons. The number of nitrogens with zero attached hydrogens (tertiary/aromatic N) is 3. The lowest BCUT2D eigenvalue weighted by molar-refractivity contribution is 0.0455. The van der Waals surface area contributed by atoms with E-state index in [9.17, 15) is 4.79 Å². The highest BCUT2D eigenvalue weighted by Gasteiger charge is 2.35. The highest BCUT2D eigenvalue weighted by molar-refractivity contribution is 5.94. The Balaban J connectivity index is 1.61. The fourth-order valence-electron chi connectivity index (χ4n) is 4.00. The number of furan rings is 1. The molecule has 2 aliphatic heterocycles. The molecule has 0 N–H and O–H groups in total. The Labute approximate surface area is 152 Å². The number of fused-ring (bicyclic) bond motifs is 1. The summed E-state index contributed by atoms with van der Waals surface area (Å²) in [5.74, 6) is 0.543. The lowest BCUT2D eigenvalue weighted by Crippen LogP contribution is -2.43. The predicted molar refractivity (Wildman–Crippen MR) is 93.8 cm³/mol. The Morgan fingerprint density at radius 1 is 1.38 bits per heavy atom. The quantitative estimate of drug-likeness (QED) is 0.819. The first-order valence-corrected chi connectivity index (χ1v) is 9.22. The van der Waals surface area contributed by atoms with E-state index >= 15 is 0 Å². The standard InChI is InChI=1S/C19H25N3O4/c1-24-13-17-18-15(2-6-21(17)19(23)16-5-9-26-12-16)10-20-22(18)11-14-3-7-25-8-4-14/h5,9-10,12,14,17H,2-4,6-8,11,13H2,1H3. The highest BCUT2D eigenvalue weighted by atomic mass is 16.5. The highest BCUT2D eigenvalue weighted by Crippen LogP contribution is 2.32. The maximum atomic E-state index is 12.9. The number of methoxy groups -OCH3 is 1. The van der Waals surface area contributed by atoms with Crippen molar-refractivity contribution in [3.05, 3.63) is 41.6 Å². The molecule has 4 rings (SSSR count). The van der Waals surface area contributed by atoms with Crippen LogP contribution in [-0.2, 0) is 22.4 Å². The van der Waals surface area contributed by atoms with Crippen molar-refractivity contribution < 1.29 is 18.7 Å². The van der Waals surface area contributed by atoms with Gasteiger partial charge in [-0.25, -0.2) is 0 Å². The van der Waals surface area contributed by atoms with Crippen LogP contribution in [0.25, 0.3) is 0 Å². The van der Waals surface area contributed by atoms with Gasteiger partial charge in [-0.05, 0) is 36.8 Å². The van der Waals surface area contributed by atoms with E-state index < -0.39 is 0 Å². The molecule has 2 aromatic rings. The van der Waals surface area contributed by atoms with Gasteiger partial charge in [0.15, 0.2) is 0 Å². The molecule has 1 amide bonds. The Morgan fingerprint density at radius 2 is 2.23 bits per heavy atom. The summed E-state index contributed by atoms with van der Waals surface area (Å²) < 4.78 is 18.1. The zero-order valence-corrected chi connectivity index (χ0v) is 15.1. The van der Waals surface area contributed by atoms with Gasteiger partial charge in [-0.2, -0.15) is 5.10 Å². The van der Waals surface area contributed by atoms with Gasteiger partial charge >= 0.3 is 0 Å². The van der Waals surface area contributed by atoms with E-state index in [-0.39, 0.29) is 11.9 Å². The zero-order chi connectivity index (χ0) is 17.9. The van der Waals surface area contributed by atoms with Gasteiger partial charge < -0.3 is 18.8 Å². The molecule has 2 aliphatic rings. The smallest absolute Gasteiger partial charge is 0.257 e. The monoisotopic (exact) mass is 359 g/mol. The molecular weight excluding hydrogens is 334 g/mol. The summed E-state index contributed by atoms with van der Waals surface area (Å²) in [5, 5.41) is 4.64. The molecule has 1 saturated heterocycles. The van der Waals surface area contributed by atoms with Crippen LogP contribution in [0.1, 0.15) is 40.5 Å². The Morgan fingerprint density at radius 3 is 2.96 bits per heavy atom. The minimum atomic E-state index is -0.131. The third kappa shape index (κ3) is 3.29. The molecule has 0 spiro atoms. The third-order valence-electron chi connectivity index (χ3n) is 5.40. The molecular formula is C19H25N3O4. The van der Waals surface area contributed by atoms with Gasteiger partial charge in [-0.3, -0.25) is 9.48 Å². The molecule has 7 nitrogen and oxygen atoms in total. The number of carbonyl (C=O) groups excluding carboxylic acids is 1. The number of aromatic nitrogens is 2. The van der Waals surface area contributed by atoms with Gasteiger partial charge in [-0.15, -0.1) is 0 Å². The fourth-order valence-corrected chi connectivity index (χ4v) is 4.00. The Hall–Kier alpha value is -2.12. The van der Waals surface area contributed by atoms with E-state index in [4.69, 9.17) is 13.9 Å². The van der Waals surface area contributed by atoms with Gasteiger partial charge in [0.1, 0.15) is 6.26 Å². The van der Waals surface area contributed by atoms with E-state index in [1.54, 1.807) is 13.2 Å². The Bertz CT molecular complexity index is 734. The zero-order valence-electron chi connectivity index (χ0n) is 15.1. The molecule has 2 aromatic heterocycles. The van der Waals surface area contributed by atoms with Gasteiger partial charge in [0, 0.05) is 33.4 Å². The molecule has 1 fully saturated rings. The average Bonchev–Trinajstić information content (AvgIpc) is 3.33. The summed E-state index contributed by atoms with van der Waals surface area (Å²) >= 11 is 0. The van der Waals surface area contributed by atoms with Crippen LogP contribution >= 0.6 is 0 Å². The lowest BCUT2D eigenvalue weighted by atomic mass is 9.97. The number of amides is 1. The van der Waals surface area contributed by atoms with E-state index in [1.807, 2.05) is 11.1 Å². The molecule has 140 valence electrons. The van der Waals surface area contributed by atoms with Crippen LogP contribution in [0, 0.1) is 5.92 Å². The third-order valence-corrected chi connectivity index (χ3v) is 5.40. The summed E-state index contributed by atoms with van der Waals surface area (Å²) in [6, 6.07) is 1.58. The van der Waals surface area contributed by atoms with E-state index in [2.05, 4.69) is 9.78 Å². The second-order valence-corrected chi connectivity index (χ2v) is 7.02. The summed E-state index contributed by atoms with van der Waals surface area (Å²) in [5.41, 5.74) is 2.90. The van der Waals surface area contributed by atoms with Crippen LogP contribution in [-0.4, -0.2) is 54.1 Å². The molecule has 0 bridgehead atoms. The van der Waals surface area contributed by atoms with E-state index in [0.717, 1.165) is 44.7 Å². The molecule has 4 heterocycles. The molecule has 1 unspecified atom stereocenters. The van der Waals surface area contributed by atoms with Crippen LogP contribution in [0.2, 0.25) is 0 Å². The van der Waals surface area contributed by atoms with Crippen molar-refractivity contribution in [3.63, 3.8) is 0 Å². The molecule has 0 aliphatic carbocycles. The normalized spacial score (nSPS) is 21.0. The van der Waals surface area contributed by atoms with Crippen molar-refractivity contribution in [2.45, 2.75) is 31.8 Å². The van der Waals surface area contributed by atoms with E-state index in [0.29, 0.717) is 24.6 Å². The number of hydrogen-bond acceptors (Lipinski definition) is 5. The maximum absolute atomic E-state index is 12.9. The first kappa shape index (κ1) is 17.3. The van der Waals surface area contributed by atoms with Crippen LogP contribution in [0.15, 0.2) is 29.2 Å². The number of ether oxygens (including phenoxy) is 2. The van der Waals surface area contributed by atoms with Gasteiger partial charge in [-0.1, -0.05) is 0 Å². The van der Waals surface area contributed by atoms with Crippen molar-refractivity contribution in [2.24, 2.45) is 5.92 Å². The minimum absolute atomic E-state index is 0.0229. The average molecular weight is 359 g/mol. The second kappa shape index (κ2) is 7.63. The van der Waals surface area contributed by atoms with Crippen molar-refractivity contribution in [1.82, 2.24) is 14.7 Å². The van der Waals surface area contributed by atoms with Gasteiger partial charge in [0.05, 0.1) is 36.4 Å². The first-order valence-electron chi connectivity index (χ1n) is 9.22. The van der Waals surface area contributed by atoms with Crippen LogP contribution in [0.4, 0.5) is 0 Å². The molecule has 26 heavy (non-hydrogen) atoms. The number of hydrogen-bond donors (Lipinski definition) is 0. The molecule has 1 atom stereocenters. The molecule has 0 saturated carbocycles. The number of rotatable bonds is 5. The SMILES string of the molecule is COCC1c2c(cnn2CC2CCOCC2)CCN1C(=O)c1ccoc1. The van der Waals surface area contributed by atoms with Crippen LogP contribution in [0.3, 0.4) is 0 Å². The Kier molecular flexibility index (Phi) is 5.08. The lowest BCUT2D eigenvalue weighted by Gasteiger charge is -2.36. The van der Waals surface area contributed by atoms with Crippen molar-refractivity contribution >= 4 is 5.91 Å². The van der Waals surface area contributed by atoms with Gasteiger partial charge in [0.2, 0.25) is 0 Å². The molecule has 7 heteroatoms. The minimum Gasteiger partial charge on any atom is -0.472 e. The fraction of sp³-hybridized carbons (Fsp3) is 0.579. The first-order chi connectivity index (χ1) is 12.8. The second-order valence-electron chi connectivity index (χ2n) is 7.02. The van der Waals surface area contributed by atoms with Crippen LogP contribution in [0.5, 0.6) is 0 Å². The van der Waals surface area contributed by atoms with E-state index in [1.165, 1.54) is 18.1 Å². The topological polar surface area (TPSA) is 69.7 Å². The summed E-state index contributed by atoms with van der Waals surface area (Å²) in [6.07, 6.45) is 7.91.